The van der Waals surface area contributed by atoms with Crippen LogP contribution in [0.5, 0.6) is 0 Å². The molecule has 0 fully saturated rings. The highest BCUT2D eigenvalue weighted by Gasteiger charge is 2.20. The predicted octanol–water partition coefficient (Wildman–Crippen LogP) is 1.49. The smallest absolute Gasteiger partial charge is 0.195 e. The Morgan fingerprint density at radius 2 is 1.47 bits per heavy atom. The minimum atomic E-state index is -3.32. The van der Waals surface area contributed by atoms with Crippen molar-refractivity contribution in [3.8, 4) is 0 Å². The topological polar surface area (TPSA) is 40.6 Å². The summed E-state index contributed by atoms with van der Waals surface area (Å²) < 4.78 is 26.2. The molecule has 0 aromatic heterocycles. The fourth-order valence-corrected chi connectivity index (χ4v) is 2.37. The Labute approximate surface area is 104 Å². The molecule has 0 aliphatic rings. The second-order valence-electron chi connectivity index (χ2n) is 4.22. The summed E-state index contributed by atoms with van der Waals surface area (Å²) in [5.41, 5.74) is 2.25. The van der Waals surface area contributed by atoms with Crippen molar-refractivity contribution in [3.63, 3.8) is 0 Å². The van der Waals surface area contributed by atoms with Gasteiger partial charge in [0.1, 0.15) is 0 Å². The van der Waals surface area contributed by atoms with E-state index in [1.807, 2.05) is 24.3 Å². The van der Waals surface area contributed by atoms with Crippen molar-refractivity contribution in [2.45, 2.75) is 19.9 Å². The van der Waals surface area contributed by atoms with Crippen LogP contribution < -0.4 is 0 Å². The zero-order valence-electron chi connectivity index (χ0n) is 10.8. The second kappa shape index (κ2) is 5.62. The van der Waals surface area contributed by atoms with Crippen LogP contribution in [0.15, 0.2) is 24.3 Å². The van der Waals surface area contributed by atoms with E-state index in [0.29, 0.717) is 6.54 Å². The Hall–Kier alpha value is -0.910. The molecule has 1 rings (SSSR count). The molecule has 0 atom stereocenters. The lowest BCUT2D eigenvalue weighted by Gasteiger charge is -2.21. The van der Waals surface area contributed by atoms with Crippen LogP contribution in [0.3, 0.4) is 0 Å². The molecule has 0 amide bonds. The van der Waals surface area contributed by atoms with Crippen molar-refractivity contribution in [3.05, 3.63) is 35.4 Å². The molecule has 0 saturated heterocycles. The third-order valence-corrected chi connectivity index (χ3v) is 4.53. The molecular formula is C12H20N2O2S. The fourth-order valence-electron chi connectivity index (χ4n) is 1.50. The largest absolute Gasteiger partial charge is 0.281 e. The van der Waals surface area contributed by atoms with Gasteiger partial charge in [-0.1, -0.05) is 31.2 Å². The van der Waals surface area contributed by atoms with Gasteiger partial charge in [0.25, 0.3) is 10.2 Å². The van der Waals surface area contributed by atoms with Crippen LogP contribution >= 0.6 is 0 Å². The molecule has 0 unspecified atom stereocenters. The lowest BCUT2D eigenvalue weighted by atomic mass is 10.1. The number of hydrogen-bond donors (Lipinski definition) is 0. The predicted molar refractivity (Wildman–Crippen MR) is 69.9 cm³/mol. The Kier molecular flexibility index (Phi) is 4.68. The van der Waals surface area contributed by atoms with Gasteiger partial charge in [-0.05, 0) is 17.5 Å². The summed E-state index contributed by atoms with van der Waals surface area (Å²) in [6.45, 7) is 2.49. The quantitative estimate of drug-likeness (QED) is 0.801. The molecule has 5 heteroatoms. The van der Waals surface area contributed by atoms with Crippen molar-refractivity contribution in [2.24, 2.45) is 0 Å². The number of aryl methyl sites for hydroxylation is 1. The van der Waals surface area contributed by atoms with Crippen LogP contribution in [0, 0.1) is 0 Å². The Bertz CT molecular complexity index is 452. The van der Waals surface area contributed by atoms with Gasteiger partial charge < -0.3 is 0 Å². The average Bonchev–Trinajstić information content (AvgIpc) is 2.29. The Balaban J connectivity index is 2.78. The molecular weight excluding hydrogens is 236 g/mol. The summed E-state index contributed by atoms with van der Waals surface area (Å²) >= 11 is 0. The standard InChI is InChI=1S/C12H20N2O2S/c1-5-11-6-8-12(9-7-11)10-14(4)17(15,16)13(2)3/h6-9H,5,10H2,1-4H3. The lowest BCUT2D eigenvalue weighted by molar-refractivity contribution is 0.414. The maximum absolute atomic E-state index is 11.8. The van der Waals surface area contributed by atoms with Gasteiger partial charge >= 0.3 is 0 Å². The highest BCUT2D eigenvalue weighted by molar-refractivity contribution is 7.86. The molecule has 96 valence electrons. The number of nitrogens with zero attached hydrogens (tertiary/aromatic N) is 2. The fraction of sp³-hybridized carbons (Fsp3) is 0.500. The number of rotatable bonds is 5. The normalized spacial score (nSPS) is 12.4. The Morgan fingerprint density at radius 3 is 1.88 bits per heavy atom. The molecule has 1 aromatic carbocycles. The van der Waals surface area contributed by atoms with E-state index >= 15 is 0 Å². The zero-order chi connectivity index (χ0) is 13.1. The van der Waals surface area contributed by atoms with Gasteiger partial charge in [-0.15, -0.1) is 0 Å². The van der Waals surface area contributed by atoms with Gasteiger partial charge in [-0.2, -0.15) is 17.0 Å². The minimum Gasteiger partial charge on any atom is -0.195 e. The van der Waals surface area contributed by atoms with Crippen molar-refractivity contribution >= 4 is 10.2 Å². The summed E-state index contributed by atoms with van der Waals surface area (Å²) in [5, 5.41) is 0. The average molecular weight is 256 g/mol. The van der Waals surface area contributed by atoms with E-state index in [1.165, 1.54) is 28.3 Å². The molecule has 0 saturated carbocycles. The van der Waals surface area contributed by atoms with Gasteiger partial charge in [0, 0.05) is 27.7 Å². The van der Waals surface area contributed by atoms with Crippen LogP contribution in [0.1, 0.15) is 18.1 Å². The molecule has 0 spiro atoms. The summed E-state index contributed by atoms with van der Waals surface area (Å²) in [7, 11) is 1.33. The van der Waals surface area contributed by atoms with E-state index in [2.05, 4.69) is 6.92 Å². The Morgan fingerprint density at radius 1 is 1.00 bits per heavy atom. The molecule has 0 N–H and O–H groups in total. The summed E-state index contributed by atoms with van der Waals surface area (Å²) in [6, 6.07) is 8.01. The molecule has 17 heavy (non-hydrogen) atoms. The summed E-state index contributed by atoms with van der Waals surface area (Å²) in [4.78, 5) is 0. The third-order valence-electron chi connectivity index (χ3n) is 2.69. The summed E-state index contributed by atoms with van der Waals surface area (Å²) in [6.07, 6.45) is 0.992. The van der Waals surface area contributed by atoms with Crippen molar-refractivity contribution < 1.29 is 8.42 Å². The van der Waals surface area contributed by atoms with Crippen molar-refractivity contribution in [1.29, 1.82) is 0 Å². The molecule has 0 aliphatic heterocycles. The van der Waals surface area contributed by atoms with Crippen LogP contribution in [-0.4, -0.2) is 38.2 Å². The van der Waals surface area contributed by atoms with E-state index in [0.717, 1.165) is 12.0 Å². The van der Waals surface area contributed by atoms with Gasteiger partial charge in [-0.3, -0.25) is 0 Å². The van der Waals surface area contributed by atoms with Crippen LogP contribution in [0.25, 0.3) is 0 Å². The first-order valence-electron chi connectivity index (χ1n) is 5.59. The van der Waals surface area contributed by atoms with Gasteiger partial charge in [0.15, 0.2) is 0 Å². The second-order valence-corrected chi connectivity index (χ2v) is 6.47. The monoisotopic (exact) mass is 256 g/mol. The van der Waals surface area contributed by atoms with Gasteiger partial charge in [0.05, 0.1) is 0 Å². The van der Waals surface area contributed by atoms with E-state index in [-0.39, 0.29) is 0 Å². The van der Waals surface area contributed by atoms with Gasteiger partial charge in [-0.25, -0.2) is 0 Å². The molecule has 4 nitrogen and oxygen atoms in total. The van der Waals surface area contributed by atoms with E-state index in [9.17, 15) is 8.42 Å². The lowest BCUT2D eigenvalue weighted by Crippen LogP contribution is -2.36. The molecule has 0 bridgehead atoms. The molecule has 1 aromatic rings. The van der Waals surface area contributed by atoms with Gasteiger partial charge in [0.2, 0.25) is 0 Å². The van der Waals surface area contributed by atoms with Crippen LogP contribution in [0.2, 0.25) is 0 Å². The van der Waals surface area contributed by atoms with Crippen molar-refractivity contribution in [1.82, 2.24) is 8.61 Å². The zero-order valence-corrected chi connectivity index (χ0v) is 11.7. The van der Waals surface area contributed by atoms with E-state index in [1.54, 1.807) is 7.05 Å². The third kappa shape index (κ3) is 3.52. The molecule has 0 heterocycles. The van der Waals surface area contributed by atoms with Crippen LogP contribution in [-0.2, 0) is 23.2 Å². The van der Waals surface area contributed by atoms with Crippen molar-refractivity contribution in [2.75, 3.05) is 21.1 Å². The minimum absolute atomic E-state index is 0.393. The maximum Gasteiger partial charge on any atom is 0.281 e. The maximum atomic E-state index is 11.8. The SMILES string of the molecule is CCc1ccc(CN(C)S(=O)(=O)N(C)C)cc1. The van der Waals surface area contributed by atoms with E-state index < -0.39 is 10.2 Å². The molecule has 0 radical (unpaired) electrons. The van der Waals surface area contributed by atoms with E-state index in [4.69, 9.17) is 0 Å². The summed E-state index contributed by atoms with van der Waals surface area (Å²) in [5.74, 6) is 0. The van der Waals surface area contributed by atoms with Crippen LogP contribution in [0.4, 0.5) is 0 Å². The first kappa shape index (κ1) is 14.2. The molecule has 0 aliphatic carbocycles. The first-order valence-corrected chi connectivity index (χ1v) is 6.99. The highest BCUT2D eigenvalue weighted by Crippen LogP contribution is 2.10. The highest BCUT2D eigenvalue weighted by atomic mass is 32.2. The first-order chi connectivity index (χ1) is 7.87. The number of benzene rings is 1. The number of hydrogen-bond acceptors (Lipinski definition) is 2.